The minimum Gasteiger partial charge on any atom is -0.489 e. The molecule has 0 fully saturated rings. The molecule has 0 bridgehead atoms. The summed E-state index contributed by atoms with van der Waals surface area (Å²) in [5.74, 6) is 0.813. The van der Waals surface area contributed by atoms with Crippen LogP contribution >= 0.6 is 0 Å². The first-order valence-corrected chi connectivity index (χ1v) is 5.71. The third-order valence-electron chi connectivity index (χ3n) is 2.37. The fraction of sp³-hybridized carbons (Fsp3) is 0.308. The van der Waals surface area contributed by atoms with E-state index in [1.807, 2.05) is 13.8 Å². The van der Waals surface area contributed by atoms with E-state index in [1.54, 1.807) is 36.3 Å². The Hall–Kier alpha value is -2.17. The van der Waals surface area contributed by atoms with Crippen LogP contribution in [0, 0.1) is 0 Å². The van der Waals surface area contributed by atoms with Crippen molar-refractivity contribution >= 4 is 5.78 Å². The van der Waals surface area contributed by atoms with Crippen LogP contribution < -0.4 is 4.74 Å². The Morgan fingerprint density at radius 1 is 1.39 bits per heavy atom. The molecule has 0 atom stereocenters. The highest BCUT2D eigenvalue weighted by Crippen LogP contribution is 2.15. The van der Waals surface area contributed by atoms with Gasteiger partial charge in [-0.25, -0.2) is 4.98 Å². The summed E-state index contributed by atoms with van der Waals surface area (Å²) >= 11 is 0. The molecule has 0 amide bonds. The number of hydrogen-bond donors (Lipinski definition) is 0. The molecule has 0 unspecified atom stereocenters. The molecule has 0 aliphatic rings. The molecule has 2 aromatic heterocycles. The molecule has 5 heteroatoms. The molecule has 5 nitrogen and oxygen atoms in total. The molecule has 18 heavy (non-hydrogen) atoms. The lowest BCUT2D eigenvalue weighted by atomic mass is 10.2. The number of hydrogen-bond acceptors (Lipinski definition) is 4. The van der Waals surface area contributed by atoms with Crippen LogP contribution in [0.15, 0.2) is 30.9 Å². The maximum atomic E-state index is 12.2. The third kappa shape index (κ3) is 2.56. The number of rotatable bonds is 4. The van der Waals surface area contributed by atoms with Gasteiger partial charge in [0.15, 0.2) is 5.82 Å². The van der Waals surface area contributed by atoms with Crippen molar-refractivity contribution in [3.8, 4) is 5.75 Å². The number of aryl methyl sites for hydroxylation is 1. The fourth-order valence-corrected chi connectivity index (χ4v) is 1.59. The first kappa shape index (κ1) is 12.3. The van der Waals surface area contributed by atoms with Gasteiger partial charge in [0, 0.05) is 31.2 Å². The van der Waals surface area contributed by atoms with Crippen molar-refractivity contribution in [1.82, 2.24) is 14.5 Å². The van der Waals surface area contributed by atoms with Crippen molar-refractivity contribution in [1.29, 1.82) is 0 Å². The van der Waals surface area contributed by atoms with E-state index in [2.05, 4.69) is 9.97 Å². The van der Waals surface area contributed by atoms with Crippen LogP contribution in [-0.2, 0) is 7.05 Å². The summed E-state index contributed by atoms with van der Waals surface area (Å²) in [7, 11) is 1.78. The van der Waals surface area contributed by atoms with Crippen LogP contribution in [0.5, 0.6) is 5.75 Å². The van der Waals surface area contributed by atoms with E-state index >= 15 is 0 Å². The van der Waals surface area contributed by atoms with Crippen LogP contribution in [0.2, 0.25) is 0 Å². The number of pyridine rings is 1. The Morgan fingerprint density at radius 2 is 2.17 bits per heavy atom. The maximum Gasteiger partial charge on any atom is 0.230 e. The molecule has 94 valence electrons. The van der Waals surface area contributed by atoms with E-state index in [0.29, 0.717) is 17.1 Å². The second-order valence-corrected chi connectivity index (χ2v) is 4.27. The predicted octanol–water partition coefficient (Wildman–Crippen LogP) is 1.83. The second kappa shape index (κ2) is 5.00. The van der Waals surface area contributed by atoms with Gasteiger partial charge >= 0.3 is 0 Å². The van der Waals surface area contributed by atoms with Crippen LogP contribution in [0.1, 0.15) is 30.0 Å². The minimum atomic E-state index is -0.163. The number of imidazole rings is 1. The highest BCUT2D eigenvalue weighted by atomic mass is 16.5. The van der Waals surface area contributed by atoms with Gasteiger partial charge in [-0.3, -0.25) is 9.78 Å². The Bertz CT molecular complexity index is 561. The molecule has 2 heterocycles. The Balaban J connectivity index is 2.29. The van der Waals surface area contributed by atoms with Crippen molar-refractivity contribution in [3.05, 3.63) is 42.2 Å². The van der Waals surface area contributed by atoms with Crippen LogP contribution in [0.4, 0.5) is 0 Å². The molecule has 0 saturated heterocycles. The number of carbonyl (C=O) groups excluding carboxylic acids is 1. The zero-order valence-electron chi connectivity index (χ0n) is 10.6. The van der Waals surface area contributed by atoms with Crippen molar-refractivity contribution < 1.29 is 9.53 Å². The number of ether oxygens (including phenoxy) is 1. The highest BCUT2D eigenvalue weighted by molar-refractivity contribution is 6.06. The normalized spacial score (nSPS) is 10.7. The summed E-state index contributed by atoms with van der Waals surface area (Å²) in [5, 5.41) is 0. The van der Waals surface area contributed by atoms with Crippen LogP contribution in [-0.4, -0.2) is 26.4 Å². The third-order valence-corrected chi connectivity index (χ3v) is 2.37. The van der Waals surface area contributed by atoms with E-state index in [0.717, 1.165) is 0 Å². The minimum absolute atomic E-state index is 0.0466. The van der Waals surface area contributed by atoms with Crippen molar-refractivity contribution in [3.63, 3.8) is 0 Å². The summed E-state index contributed by atoms with van der Waals surface area (Å²) < 4.78 is 7.19. The van der Waals surface area contributed by atoms with Gasteiger partial charge in [0.05, 0.1) is 12.3 Å². The molecule has 0 N–H and O–H groups in total. The zero-order valence-corrected chi connectivity index (χ0v) is 10.6. The van der Waals surface area contributed by atoms with Crippen molar-refractivity contribution in [2.45, 2.75) is 20.0 Å². The Kier molecular flexibility index (Phi) is 3.41. The topological polar surface area (TPSA) is 57.0 Å². The molecular weight excluding hydrogens is 230 g/mol. The second-order valence-electron chi connectivity index (χ2n) is 4.27. The molecule has 0 spiro atoms. The summed E-state index contributed by atoms with van der Waals surface area (Å²) in [5.41, 5.74) is 0.474. The first-order valence-electron chi connectivity index (χ1n) is 5.71. The standard InChI is InChI=1S/C13H15N3O2/c1-9(2)18-11-6-10(7-14-8-11)12(17)13-15-4-5-16(13)3/h4-9H,1-3H3. The molecular formula is C13H15N3O2. The van der Waals surface area contributed by atoms with Gasteiger partial charge in [0.1, 0.15) is 5.75 Å². The summed E-state index contributed by atoms with van der Waals surface area (Å²) in [6, 6.07) is 1.68. The predicted molar refractivity (Wildman–Crippen MR) is 66.6 cm³/mol. The van der Waals surface area contributed by atoms with E-state index in [-0.39, 0.29) is 11.9 Å². The number of carbonyl (C=O) groups is 1. The number of nitrogens with zero attached hydrogens (tertiary/aromatic N) is 3. The Labute approximate surface area is 105 Å². The van der Waals surface area contributed by atoms with Gasteiger partial charge in [0.25, 0.3) is 0 Å². The van der Waals surface area contributed by atoms with E-state index < -0.39 is 0 Å². The van der Waals surface area contributed by atoms with Crippen molar-refractivity contribution in [2.75, 3.05) is 0 Å². The van der Waals surface area contributed by atoms with Gasteiger partial charge in [-0.15, -0.1) is 0 Å². The largest absolute Gasteiger partial charge is 0.489 e. The average Bonchev–Trinajstić information content (AvgIpc) is 2.74. The number of ketones is 1. The SMILES string of the molecule is CC(C)Oc1cncc(C(=O)c2nccn2C)c1. The molecule has 2 rings (SSSR count). The zero-order chi connectivity index (χ0) is 13.1. The van der Waals surface area contributed by atoms with E-state index in [9.17, 15) is 4.79 Å². The van der Waals surface area contributed by atoms with Crippen molar-refractivity contribution in [2.24, 2.45) is 7.05 Å². The molecule has 0 aliphatic carbocycles. The summed E-state index contributed by atoms with van der Waals surface area (Å²) in [6.45, 7) is 3.85. The van der Waals surface area contributed by atoms with Gasteiger partial charge in [0.2, 0.25) is 5.78 Å². The first-order chi connectivity index (χ1) is 8.58. The smallest absolute Gasteiger partial charge is 0.230 e. The molecule has 2 aromatic rings. The van der Waals surface area contributed by atoms with Gasteiger partial charge < -0.3 is 9.30 Å². The quantitative estimate of drug-likeness (QED) is 0.771. The Morgan fingerprint density at radius 3 is 2.78 bits per heavy atom. The molecule has 0 aliphatic heterocycles. The number of aromatic nitrogens is 3. The van der Waals surface area contributed by atoms with Gasteiger partial charge in [-0.2, -0.15) is 0 Å². The fourth-order valence-electron chi connectivity index (χ4n) is 1.59. The van der Waals surface area contributed by atoms with E-state index in [4.69, 9.17) is 4.74 Å². The van der Waals surface area contributed by atoms with Crippen LogP contribution in [0.25, 0.3) is 0 Å². The molecule has 0 aromatic carbocycles. The monoisotopic (exact) mass is 245 g/mol. The van der Waals surface area contributed by atoms with Gasteiger partial charge in [-0.05, 0) is 19.9 Å². The summed E-state index contributed by atoms with van der Waals surface area (Å²) in [6.07, 6.45) is 6.48. The lowest BCUT2D eigenvalue weighted by Crippen LogP contribution is -2.10. The average molecular weight is 245 g/mol. The lowest BCUT2D eigenvalue weighted by Gasteiger charge is -2.09. The van der Waals surface area contributed by atoms with E-state index in [1.165, 1.54) is 6.20 Å². The molecule has 0 saturated carbocycles. The van der Waals surface area contributed by atoms with Gasteiger partial charge in [-0.1, -0.05) is 0 Å². The van der Waals surface area contributed by atoms with Crippen LogP contribution in [0.3, 0.4) is 0 Å². The molecule has 0 radical (unpaired) electrons. The highest BCUT2D eigenvalue weighted by Gasteiger charge is 2.14. The lowest BCUT2D eigenvalue weighted by molar-refractivity contribution is 0.102. The summed E-state index contributed by atoms with van der Waals surface area (Å²) in [4.78, 5) is 20.2. The maximum absolute atomic E-state index is 12.2.